The van der Waals surface area contributed by atoms with Gasteiger partial charge in [0.25, 0.3) is 5.91 Å². The number of hydrogen-bond donors (Lipinski definition) is 2. The molecule has 0 bridgehead atoms. The SMILES string of the molecule is CCc1ccc(C(=O)NNc2ccc(N3C=CSC3)cc2)cc1. The first kappa shape index (κ1) is 15.5. The topological polar surface area (TPSA) is 44.4 Å². The maximum Gasteiger partial charge on any atom is 0.269 e. The number of anilines is 2. The molecule has 3 rings (SSSR count). The van der Waals surface area contributed by atoms with E-state index >= 15 is 0 Å². The third-order valence-electron chi connectivity index (χ3n) is 3.69. The quantitative estimate of drug-likeness (QED) is 0.816. The Morgan fingerprint density at radius 1 is 1.13 bits per heavy atom. The normalized spacial score (nSPS) is 13.2. The zero-order valence-corrected chi connectivity index (χ0v) is 13.8. The molecule has 4 nitrogen and oxygen atoms in total. The molecule has 23 heavy (non-hydrogen) atoms. The highest BCUT2D eigenvalue weighted by molar-refractivity contribution is 8.02. The molecule has 0 radical (unpaired) electrons. The molecule has 0 saturated heterocycles. The summed E-state index contributed by atoms with van der Waals surface area (Å²) < 4.78 is 0. The van der Waals surface area contributed by atoms with Gasteiger partial charge in [-0.2, -0.15) is 0 Å². The first-order valence-electron chi connectivity index (χ1n) is 7.56. The van der Waals surface area contributed by atoms with Gasteiger partial charge >= 0.3 is 0 Å². The lowest BCUT2D eigenvalue weighted by Gasteiger charge is -2.15. The molecule has 1 aliphatic heterocycles. The van der Waals surface area contributed by atoms with Crippen LogP contribution in [-0.4, -0.2) is 11.8 Å². The van der Waals surface area contributed by atoms with Crippen molar-refractivity contribution >= 4 is 29.0 Å². The van der Waals surface area contributed by atoms with Gasteiger partial charge in [0.05, 0.1) is 11.6 Å². The lowest BCUT2D eigenvalue weighted by atomic mass is 10.1. The van der Waals surface area contributed by atoms with E-state index < -0.39 is 0 Å². The van der Waals surface area contributed by atoms with E-state index in [9.17, 15) is 4.79 Å². The molecule has 2 aromatic carbocycles. The third-order valence-corrected chi connectivity index (χ3v) is 4.44. The van der Waals surface area contributed by atoms with Crippen LogP contribution in [0.15, 0.2) is 60.1 Å². The molecular formula is C18H19N3OS. The predicted molar refractivity (Wildman–Crippen MR) is 97.4 cm³/mol. The van der Waals surface area contributed by atoms with E-state index in [1.54, 1.807) is 11.8 Å². The molecule has 1 aliphatic rings. The van der Waals surface area contributed by atoms with E-state index in [0.29, 0.717) is 5.56 Å². The predicted octanol–water partition coefficient (Wildman–Crippen LogP) is 3.99. The molecule has 0 unspecified atom stereocenters. The summed E-state index contributed by atoms with van der Waals surface area (Å²) in [6, 6.07) is 15.6. The molecule has 118 valence electrons. The van der Waals surface area contributed by atoms with E-state index in [1.165, 1.54) is 5.56 Å². The summed E-state index contributed by atoms with van der Waals surface area (Å²) in [5.74, 6) is 0.799. The minimum absolute atomic E-state index is 0.143. The average molecular weight is 325 g/mol. The molecule has 0 aliphatic carbocycles. The number of benzene rings is 2. The van der Waals surface area contributed by atoms with Crippen LogP contribution < -0.4 is 15.8 Å². The Labute approximate surface area is 140 Å². The Morgan fingerprint density at radius 3 is 2.48 bits per heavy atom. The van der Waals surface area contributed by atoms with Crippen molar-refractivity contribution in [3.63, 3.8) is 0 Å². The highest BCUT2D eigenvalue weighted by Crippen LogP contribution is 2.24. The average Bonchev–Trinajstić information content (AvgIpc) is 3.15. The fraction of sp³-hybridized carbons (Fsp3) is 0.167. The van der Waals surface area contributed by atoms with E-state index in [0.717, 1.165) is 23.7 Å². The molecule has 0 fully saturated rings. The summed E-state index contributed by atoms with van der Waals surface area (Å²) in [5, 5.41) is 2.08. The van der Waals surface area contributed by atoms with Crippen molar-refractivity contribution < 1.29 is 4.79 Å². The highest BCUT2D eigenvalue weighted by Gasteiger charge is 2.08. The van der Waals surface area contributed by atoms with Crippen LogP contribution in [0.3, 0.4) is 0 Å². The lowest BCUT2D eigenvalue weighted by Crippen LogP contribution is -2.29. The van der Waals surface area contributed by atoms with Crippen LogP contribution in [0.5, 0.6) is 0 Å². The summed E-state index contributed by atoms with van der Waals surface area (Å²) in [5.41, 5.74) is 9.52. The lowest BCUT2D eigenvalue weighted by molar-refractivity contribution is 0.0962. The van der Waals surface area contributed by atoms with Crippen LogP contribution in [0.2, 0.25) is 0 Å². The van der Waals surface area contributed by atoms with Crippen LogP contribution in [0.1, 0.15) is 22.8 Å². The molecule has 2 N–H and O–H groups in total. The summed E-state index contributed by atoms with van der Waals surface area (Å²) in [7, 11) is 0. The fourth-order valence-electron chi connectivity index (χ4n) is 2.27. The Balaban J connectivity index is 1.56. The highest BCUT2D eigenvalue weighted by atomic mass is 32.2. The third kappa shape index (κ3) is 3.87. The van der Waals surface area contributed by atoms with Crippen molar-refractivity contribution in [2.75, 3.05) is 16.2 Å². The number of rotatable bonds is 5. The first-order chi connectivity index (χ1) is 11.3. The van der Waals surface area contributed by atoms with Crippen molar-refractivity contribution in [3.8, 4) is 0 Å². The number of aryl methyl sites for hydroxylation is 1. The Hall–Kier alpha value is -2.40. The molecule has 2 aromatic rings. The zero-order valence-electron chi connectivity index (χ0n) is 13.0. The minimum atomic E-state index is -0.143. The number of nitrogens with zero attached hydrogens (tertiary/aromatic N) is 1. The van der Waals surface area contributed by atoms with Crippen LogP contribution in [0.4, 0.5) is 11.4 Å². The number of nitrogens with one attached hydrogen (secondary N) is 2. The molecule has 0 saturated carbocycles. The van der Waals surface area contributed by atoms with Gasteiger partial charge in [-0.05, 0) is 53.8 Å². The van der Waals surface area contributed by atoms with Gasteiger partial charge in [-0.25, -0.2) is 0 Å². The Kier molecular flexibility index (Phi) is 4.88. The summed E-state index contributed by atoms with van der Waals surface area (Å²) in [6.45, 7) is 2.09. The summed E-state index contributed by atoms with van der Waals surface area (Å²) in [6.07, 6.45) is 3.03. The maximum absolute atomic E-state index is 12.1. The number of hydrazine groups is 1. The number of carbonyl (C=O) groups excluding carboxylic acids is 1. The van der Waals surface area contributed by atoms with E-state index in [4.69, 9.17) is 0 Å². The van der Waals surface area contributed by atoms with E-state index in [2.05, 4.69) is 34.3 Å². The first-order valence-corrected chi connectivity index (χ1v) is 8.61. The van der Waals surface area contributed by atoms with Gasteiger partial charge in [0.2, 0.25) is 0 Å². The van der Waals surface area contributed by atoms with Gasteiger partial charge in [0.1, 0.15) is 0 Å². The van der Waals surface area contributed by atoms with Crippen molar-refractivity contribution in [1.82, 2.24) is 5.43 Å². The van der Waals surface area contributed by atoms with Gasteiger partial charge in [0.15, 0.2) is 0 Å². The fourth-order valence-corrected chi connectivity index (χ4v) is 2.99. The molecule has 0 aromatic heterocycles. The summed E-state index contributed by atoms with van der Waals surface area (Å²) in [4.78, 5) is 14.3. The Morgan fingerprint density at radius 2 is 1.87 bits per heavy atom. The van der Waals surface area contributed by atoms with Crippen molar-refractivity contribution in [2.45, 2.75) is 13.3 Å². The van der Waals surface area contributed by atoms with Crippen molar-refractivity contribution in [2.24, 2.45) is 0 Å². The molecular weight excluding hydrogens is 306 g/mol. The van der Waals surface area contributed by atoms with Gasteiger partial charge in [0, 0.05) is 17.5 Å². The smallest absolute Gasteiger partial charge is 0.269 e. The van der Waals surface area contributed by atoms with Crippen LogP contribution in [0.25, 0.3) is 0 Å². The number of thioether (sulfide) groups is 1. The Bertz CT molecular complexity index is 695. The maximum atomic E-state index is 12.1. The largest absolute Gasteiger partial charge is 0.337 e. The van der Waals surface area contributed by atoms with Gasteiger partial charge in [-0.15, -0.1) is 11.8 Å². The minimum Gasteiger partial charge on any atom is -0.337 e. The molecule has 1 heterocycles. The summed E-state index contributed by atoms with van der Waals surface area (Å²) >= 11 is 1.77. The molecule has 0 atom stereocenters. The second-order valence-electron chi connectivity index (χ2n) is 5.23. The van der Waals surface area contributed by atoms with Crippen molar-refractivity contribution in [1.29, 1.82) is 0 Å². The van der Waals surface area contributed by atoms with Crippen LogP contribution >= 0.6 is 11.8 Å². The number of amides is 1. The van der Waals surface area contributed by atoms with Gasteiger partial charge < -0.3 is 4.90 Å². The van der Waals surface area contributed by atoms with Crippen LogP contribution in [0, 0.1) is 0 Å². The number of carbonyl (C=O) groups is 1. The molecule has 5 heteroatoms. The second-order valence-corrected chi connectivity index (χ2v) is 6.09. The second kappa shape index (κ2) is 7.24. The van der Waals surface area contributed by atoms with Gasteiger partial charge in [-0.1, -0.05) is 19.1 Å². The standard InChI is InChI=1S/C18H19N3OS/c1-2-14-3-5-15(6-4-14)18(22)20-19-16-7-9-17(10-8-16)21-11-12-23-13-21/h3-12,19H,2,13H2,1H3,(H,20,22). The van der Waals surface area contributed by atoms with Crippen molar-refractivity contribution in [3.05, 3.63) is 71.3 Å². The van der Waals surface area contributed by atoms with Crippen LogP contribution in [-0.2, 0) is 6.42 Å². The molecule has 1 amide bonds. The zero-order chi connectivity index (χ0) is 16.1. The number of hydrogen-bond acceptors (Lipinski definition) is 4. The van der Waals surface area contributed by atoms with E-state index in [1.807, 2.05) is 48.5 Å². The van der Waals surface area contributed by atoms with Gasteiger partial charge in [-0.3, -0.25) is 15.6 Å². The molecule has 0 spiro atoms. The van der Waals surface area contributed by atoms with E-state index in [-0.39, 0.29) is 5.91 Å². The monoisotopic (exact) mass is 325 g/mol.